The largest absolute Gasteiger partial charge is 0.519 e. The standard InChI is InChI=1S/C23H30N2O9S/c1-15-20(34-22(27)33-15)13-31-21(26)23(2,3)14-32-35(28,29)25-12-16(9-10-24(4)5)18-11-17(30-6)7-8-19(18)25/h7-8,11-12H,9-10,13-14H2,1-6H3. The fourth-order valence-corrected chi connectivity index (χ4v) is 4.48. The lowest BCUT2D eigenvalue weighted by Crippen LogP contribution is -2.33. The summed E-state index contributed by atoms with van der Waals surface area (Å²) in [6, 6.07) is 5.10. The summed E-state index contributed by atoms with van der Waals surface area (Å²) >= 11 is 0. The van der Waals surface area contributed by atoms with E-state index in [0.717, 1.165) is 14.9 Å². The summed E-state index contributed by atoms with van der Waals surface area (Å²) in [4.78, 5) is 25.7. The highest BCUT2D eigenvalue weighted by Gasteiger charge is 2.33. The van der Waals surface area contributed by atoms with Crippen molar-refractivity contribution in [2.45, 2.75) is 33.8 Å². The third kappa shape index (κ3) is 6.13. The number of rotatable bonds is 11. The van der Waals surface area contributed by atoms with Crippen LogP contribution in [0.2, 0.25) is 0 Å². The lowest BCUT2D eigenvalue weighted by Gasteiger charge is -2.22. The van der Waals surface area contributed by atoms with Crippen molar-refractivity contribution in [2.24, 2.45) is 5.41 Å². The van der Waals surface area contributed by atoms with Gasteiger partial charge in [-0.1, -0.05) is 0 Å². The van der Waals surface area contributed by atoms with Crippen LogP contribution in [-0.2, 0) is 37.0 Å². The number of esters is 1. The van der Waals surface area contributed by atoms with Crippen LogP contribution in [0.4, 0.5) is 0 Å². The number of ether oxygens (including phenoxy) is 2. The first-order chi connectivity index (χ1) is 16.3. The Hall–Kier alpha value is -3.09. The maximum atomic E-state index is 13.1. The van der Waals surface area contributed by atoms with E-state index < -0.39 is 34.1 Å². The van der Waals surface area contributed by atoms with Crippen LogP contribution < -0.4 is 10.6 Å². The number of carbonyl (C=O) groups is 1. The number of benzene rings is 1. The zero-order valence-electron chi connectivity index (χ0n) is 20.6. The highest BCUT2D eigenvalue weighted by atomic mass is 32.2. The first-order valence-electron chi connectivity index (χ1n) is 10.8. The van der Waals surface area contributed by atoms with Crippen molar-refractivity contribution >= 4 is 27.2 Å². The van der Waals surface area contributed by atoms with E-state index in [4.69, 9.17) is 22.5 Å². The van der Waals surface area contributed by atoms with E-state index in [1.165, 1.54) is 27.0 Å². The Balaban J connectivity index is 1.78. The molecule has 11 nitrogen and oxygen atoms in total. The summed E-state index contributed by atoms with van der Waals surface area (Å²) in [6.07, 6.45) is 2.14. The molecule has 3 aromatic rings. The van der Waals surface area contributed by atoms with Gasteiger partial charge in [-0.15, -0.1) is 0 Å². The third-order valence-electron chi connectivity index (χ3n) is 5.42. The normalized spacial score (nSPS) is 12.4. The molecule has 0 N–H and O–H groups in total. The van der Waals surface area contributed by atoms with E-state index in [1.54, 1.807) is 25.3 Å². The van der Waals surface area contributed by atoms with Crippen LogP contribution in [0.1, 0.15) is 30.9 Å². The molecule has 0 spiro atoms. The Bertz CT molecular complexity index is 1360. The van der Waals surface area contributed by atoms with Gasteiger partial charge in [-0.25, -0.2) is 8.77 Å². The zero-order chi connectivity index (χ0) is 26.0. The van der Waals surface area contributed by atoms with E-state index in [2.05, 4.69) is 0 Å². The summed E-state index contributed by atoms with van der Waals surface area (Å²) in [5.74, 6) is -0.756. The van der Waals surface area contributed by atoms with Crippen LogP contribution in [0.15, 0.2) is 38.0 Å². The third-order valence-corrected chi connectivity index (χ3v) is 6.62. The number of methoxy groups -OCH3 is 1. The van der Waals surface area contributed by atoms with Crippen molar-refractivity contribution in [1.29, 1.82) is 0 Å². The van der Waals surface area contributed by atoms with Crippen LogP contribution in [0.5, 0.6) is 5.75 Å². The van der Waals surface area contributed by atoms with Crippen LogP contribution in [0.25, 0.3) is 10.9 Å². The average Bonchev–Trinajstić information content (AvgIpc) is 3.33. The Kier molecular flexibility index (Phi) is 7.77. The summed E-state index contributed by atoms with van der Waals surface area (Å²) in [7, 11) is 1.13. The van der Waals surface area contributed by atoms with Gasteiger partial charge in [0.05, 0.1) is 24.6 Å². The minimum absolute atomic E-state index is 0.0761. The predicted molar refractivity (Wildman–Crippen MR) is 127 cm³/mol. The Morgan fingerprint density at radius 1 is 1.20 bits per heavy atom. The number of hydrogen-bond donors (Lipinski definition) is 0. The van der Waals surface area contributed by atoms with Crippen LogP contribution in [-0.4, -0.2) is 57.6 Å². The number of aryl methyl sites for hydroxylation is 1. The number of likely N-dealkylation sites (N-methyl/N-ethyl adjacent to an activating group) is 1. The van der Waals surface area contributed by atoms with E-state index in [9.17, 15) is 18.0 Å². The summed E-state index contributed by atoms with van der Waals surface area (Å²) in [6.45, 7) is 4.40. The molecule has 0 aliphatic heterocycles. The maximum absolute atomic E-state index is 13.1. The summed E-state index contributed by atoms with van der Waals surface area (Å²) < 4.78 is 52.6. The molecule has 1 aromatic carbocycles. The predicted octanol–water partition coefficient (Wildman–Crippen LogP) is 2.49. The smallest absolute Gasteiger partial charge is 0.497 e. The Labute approximate surface area is 203 Å². The quantitative estimate of drug-likeness (QED) is 0.355. The molecule has 0 saturated heterocycles. The fourth-order valence-electron chi connectivity index (χ4n) is 3.27. The molecule has 0 atom stereocenters. The van der Waals surface area contributed by atoms with Gasteiger partial charge >= 0.3 is 22.1 Å². The van der Waals surface area contributed by atoms with E-state index in [-0.39, 0.29) is 18.1 Å². The van der Waals surface area contributed by atoms with E-state index >= 15 is 0 Å². The van der Waals surface area contributed by atoms with Crippen molar-refractivity contribution < 1.29 is 35.7 Å². The van der Waals surface area contributed by atoms with E-state index in [1.807, 2.05) is 19.0 Å². The maximum Gasteiger partial charge on any atom is 0.519 e. The number of aromatic nitrogens is 1. The van der Waals surface area contributed by atoms with Gasteiger partial charge in [0.2, 0.25) is 0 Å². The van der Waals surface area contributed by atoms with Gasteiger partial charge in [0, 0.05) is 18.1 Å². The first-order valence-corrected chi connectivity index (χ1v) is 12.2. The van der Waals surface area contributed by atoms with E-state index in [0.29, 0.717) is 24.2 Å². The molecule has 0 aliphatic rings. The minimum Gasteiger partial charge on any atom is -0.497 e. The Morgan fingerprint density at radius 2 is 1.91 bits per heavy atom. The molecule has 192 valence electrons. The molecule has 0 aliphatic carbocycles. The van der Waals surface area contributed by atoms with Gasteiger partial charge in [0.1, 0.15) is 5.75 Å². The highest BCUT2D eigenvalue weighted by molar-refractivity contribution is 7.85. The highest BCUT2D eigenvalue weighted by Crippen LogP contribution is 2.29. The molecule has 0 amide bonds. The summed E-state index contributed by atoms with van der Waals surface area (Å²) in [5, 5.41) is 0.731. The first kappa shape index (κ1) is 26.5. The van der Waals surface area contributed by atoms with Gasteiger partial charge in [0.25, 0.3) is 0 Å². The van der Waals surface area contributed by atoms with Gasteiger partial charge in [-0.05, 0) is 65.0 Å². The second-order valence-corrected chi connectivity index (χ2v) is 10.5. The molecule has 2 heterocycles. The van der Waals surface area contributed by atoms with Crippen LogP contribution >= 0.6 is 0 Å². The molecule has 2 aromatic heterocycles. The average molecular weight is 511 g/mol. The van der Waals surface area contributed by atoms with Gasteiger partial charge < -0.3 is 23.2 Å². The number of fused-ring (bicyclic) bond motifs is 1. The van der Waals surface area contributed by atoms with Crippen molar-refractivity contribution in [3.63, 3.8) is 0 Å². The SMILES string of the molecule is COc1ccc2c(c1)c(CCN(C)C)cn2S(=O)(=O)OCC(C)(C)C(=O)OCc1oc(=O)oc1C. The molecular weight excluding hydrogens is 480 g/mol. The fraction of sp³-hybridized carbons (Fsp3) is 0.478. The van der Waals surface area contributed by atoms with Crippen molar-refractivity contribution in [3.8, 4) is 5.75 Å². The minimum atomic E-state index is -4.28. The molecule has 35 heavy (non-hydrogen) atoms. The molecule has 0 unspecified atom stereocenters. The molecule has 0 saturated carbocycles. The van der Waals surface area contributed by atoms with Crippen LogP contribution in [0.3, 0.4) is 0 Å². The molecule has 0 bridgehead atoms. The monoisotopic (exact) mass is 510 g/mol. The number of nitrogens with zero attached hydrogens (tertiary/aromatic N) is 2. The topological polar surface area (TPSA) is 130 Å². The van der Waals surface area contributed by atoms with Crippen LogP contribution in [0, 0.1) is 12.3 Å². The zero-order valence-corrected chi connectivity index (χ0v) is 21.4. The van der Waals surface area contributed by atoms with Crippen molar-refractivity contribution in [1.82, 2.24) is 8.87 Å². The molecule has 0 radical (unpaired) electrons. The van der Waals surface area contributed by atoms with Crippen molar-refractivity contribution in [2.75, 3.05) is 34.4 Å². The van der Waals surface area contributed by atoms with Crippen molar-refractivity contribution in [3.05, 3.63) is 52.1 Å². The molecular formula is C23H30N2O9S. The second kappa shape index (κ2) is 10.3. The van der Waals surface area contributed by atoms with Gasteiger partial charge in [0.15, 0.2) is 18.1 Å². The molecule has 12 heteroatoms. The van der Waals surface area contributed by atoms with Gasteiger partial charge in [-0.3, -0.25) is 8.98 Å². The lowest BCUT2D eigenvalue weighted by molar-refractivity contribution is -0.157. The second-order valence-electron chi connectivity index (χ2n) is 9.00. The molecule has 3 rings (SSSR count). The summed E-state index contributed by atoms with van der Waals surface area (Å²) in [5.41, 5.74) is -0.0638. The molecule has 0 fully saturated rings. The van der Waals surface area contributed by atoms with Gasteiger partial charge in [-0.2, -0.15) is 8.42 Å². The number of carbonyl (C=O) groups excluding carboxylic acids is 1. The lowest BCUT2D eigenvalue weighted by atomic mass is 9.95. The number of hydrogen-bond acceptors (Lipinski definition) is 10. The Morgan fingerprint density at radius 3 is 2.51 bits per heavy atom.